The summed E-state index contributed by atoms with van der Waals surface area (Å²) < 4.78 is 77.5. The normalized spacial score (nSPS) is 19.9. The summed E-state index contributed by atoms with van der Waals surface area (Å²) in [5.41, 5.74) is -0.589. The summed E-state index contributed by atoms with van der Waals surface area (Å²) in [6.45, 7) is 0. The van der Waals surface area contributed by atoms with E-state index in [1.54, 1.807) is 72.1 Å². The lowest BCUT2D eigenvalue weighted by Gasteiger charge is -2.31. The van der Waals surface area contributed by atoms with E-state index in [-0.39, 0.29) is 57.2 Å². The fourth-order valence-corrected chi connectivity index (χ4v) is 13.9. The molecule has 27 heteroatoms. The number of benzene rings is 1. The highest BCUT2D eigenvalue weighted by Gasteiger charge is 2.43. The van der Waals surface area contributed by atoms with Gasteiger partial charge in [0, 0.05) is 45.3 Å². The molecule has 6 aromatic rings. The van der Waals surface area contributed by atoms with Crippen LogP contribution < -0.4 is 16.0 Å². The van der Waals surface area contributed by atoms with Crippen molar-refractivity contribution in [2.24, 2.45) is 0 Å². The Hall–Kier alpha value is -6.78. The van der Waals surface area contributed by atoms with Crippen LogP contribution in [-0.2, 0) is 34.9 Å². The number of pyridine rings is 3. The molecule has 21 nitrogen and oxygen atoms in total. The molecule has 3 aliphatic heterocycles. The van der Waals surface area contributed by atoms with Crippen molar-refractivity contribution in [3.8, 4) is 0 Å². The van der Waals surface area contributed by atoms with E-state index in [9.17, 15) is 55.6 Å². The van der Waals surface area contributed by atoms with Crippen LogP contribution in [0.1, 0.15) is 27.5 Å². The summed E-state index contributed by atoms with van der Waals surface area (Å²) in [7, 11) is -7.85. The molecule has 0 radical (unpaired) electrons. The lowest BCUT2D eigenvalue weighted by Crippen LogP contribution is -2.37. The van der Waals surface area contributed by atoms with Crippen molar-refractivity contribution in [3.63, 3.8) is 0 Å². The molecule has 8 heterocycles. The van der Waals surface area contributed by atoms with Crippen molar-refractivity contribution in [2.75, 3.05) is 37.1 Å². The molecule has 0 saturated heterocycles. The number of carbonyl (C=O) groups excluding carboxylic acids is 1. The zero-order chi connectivity index (χ0) is 49.3. The van der Waals surface area contributed by atoms with Gasteiger partial charge in [-0.05, 0) is 66.0 Å². The van der Waals surface area contributed by atoms with Crippen molar-refractivity contribution in [2.45, 2.75) is 26.9 Å². The first-order chi connectivity index (χ1) is 32.2. The van der Waals surface area contributed by atoms with Gasteiger partial charge in [0.15, 0.2) is 11.5 Å². The number of fused-ring (bicyclic) bond motifs is 3. The van der Waals surface area contributed by atoms with Crippen molar-refractivity contribution < 1.29 is 55.6 Å². The van der Waals surface area contributed by atoms with E-state index < -0.39 is 65.7 Å². The quantitative estimate of drug-likeness (QED) is 0.0951. The van der Waals surface area contributed by atoms with E-state index in [0.717, 1.165) is 35.6 Å². The van der Waals surface area contributed by atoms with Gasteiger partial charge in [-0.15, -0.1) is 22.7 Å². The summed E-state index contributed by atoms with van der Waals surface area (Å²) in [5, 5.41) is 60.9. The van der Waals surface area contributed by atoms with Gasteiger partial charge in [0.1, 0.15) is 50.8 Å². The number of nitrogens with one attached hydrogen (secondary N) is 3. The lowest BCUT2D eigenvalue weighted by molar-refractivity contribution is -0.113. The van der Waals surface area contributed by atoms with Crippen LogP contribution in [0.15, 0.2) is 159 Å². The number of hydrogen-bond donors (Lipinski definition) is 8. The van der Waals surface area contributed by atoms with Gasteiger partial charge in [0.2, 0.25) is 11.8 Å². The number of anilines is 3. The number of amides is 1. The van der Waals surface area contributed by atoms with Gasteiger partial charge in [0.25, 0.3) is 36.0 Å². The molecule has 0 aliphatic carbocycles. The Bertz CT molecular complexity index is 3320. The Labute approximate surface area is 402 Å². The van der Waals surface area contributed by atoms with Crippen LogP contribution in [0, 0.1) is 0 Å². The molecule has 5 aromatic heterocycles. The number of thiophene rings is 2. The fraction of sp³-hybridized carbons (Fsp3) is 0.122. The number of rotatable bonds is 6. The molecule has 356 valence electrons. The van der Waals surface area contributed by atoms with Crippen molar-refractivity contribution in [1.29, 1.82) is 0 Å². The first-order valence-electron chi connectivity index (χ1n) is 19.3. The van der Waals surface area contributed by atoms with Crippen LogP contribution in [0.2, 0.25) is 4.34 Å². The fourth-order valence-electron chi connectivity index (χ4n) is 6.72. The van der Waals surface area contributed by atoms with E-state index >= 15 is 0 Å². The largest absolute Gasteiger partial charge is 0.505 e. The van der Waals surface area contributed by atoms with Gasteiger partial charge >= 0.3 is 0 Å². The molecule has 1 amide bonds. The second-order valence-electron chi connectivity index (χ2n) is 14.2. The summed E-state index contributed by atoms with van der Waals surface area (Å²) in [5.74, 6) is -1.22. The maximum absolute atomic E-state index is 12.5. The van der Waals surface area contributed by atoms with Crippen molar-refractivity contribution in [1.82, 2.24) is 27.9 Å². The lowest BCUT2D eigenvalue weighted by atomic mass is 10.1. The first kappa shape index (κ1) is 49.1. The molecular weight excluding hydrogens is 1010 g/mol. The van der Waals surface area contributed by atoms with Crippen molar-refractivity contribution in [3.05, 3.63) is 163 Å². The number of aliphatic hydroxyl groups excluding tert-OH is 5. The van der Waals surface area contributed by atoms with Crippen LogP contribution in [0.4, 0.5) is 17.5 Å². The van der Waals surface area contributed by atoms with E-state index in [0.29, 0.717) is 11.6 Å². The summed E-state index contributed by atoms with van der Waals surface area (Å²) in [6, 6.07) is 23.6. The number of hydrogen-bond acceptors (Lipinski definition) is 19. The maximum atomic E-state index is 12.5. The number of likely N-dealkylation sites (N-methyl/N-ethyl adjacent to an activating group) is 3. The van der Waals surface area contributed by atoms with Gasteiger partial charge in [-0.3, -0.25) is 17.7 Å². The first-order valence-corrected chi connectivity index (χ1v) is 25.7. The molecular formula is C41H38ClN9O12S5. The van der Waals surface area contributed by atoms with Crippen LogP contribution in [0.25, 0.3) is 5.76 Å². The average Bonchev–Trinajstić information content (AvgIpc) is 3.98. The predicted octanol–water partition coefficient (Wildman–Crippen LogP) is 5.53. The standard InChI is InChI=1S/C15H13N3O4S.C13H12ClN3O4S2.C13H13N3O4S2/c1-18-13(15(20)17-12-8-4-5-9-16-12)14(19)10-6-2-3-7-11(10)23(18,21)22;1-17-10(13(19)16-9-4-2-3-5-15-9)11(18)12-7(23(17,20)21)6-8(14)22-12;1-16-10(13(18)15-9-4-2-3-6-14-9)11(17)12-8(5-7-21-12)22(16,19)20/h2-9,19H,1H3,(H,16,17,20);2-6,11,18-19H,1H3,(H,15,16);2-7,11,17-18H,1H3,(H,14,15)/b;2*13-10-. The summed E-state index contributed by atoms with van der Waals surface area (Å²) in [6.07, 6.45) is 1.96. The van der Waals surface area contributed by atoms with Gasteiger partial charge in [0.05, 0.1) is 19.0 Å². The Morgan fingerprint density at radius 1 is 0.618 bits per heavy atom. The predicted molar refractivity (Wildman–Crippen MR) is 252 cm³/mol. The van der Waals surface area contributed by atoms with E-state index in [1.165, 1.54) is 64.0 Å². The van der Waals surface area contributed by atoms with Gasteiger partial charge in [-0.2, -0.15) is 0 Å². The molecule has 0 saturated carbocycles. The topological polar surface area (TPSA) is 305 Å². The minimum Gasteiger partial charge on any atom is -0.505 e. The third kappa shape index (κ3) is 9.39. The third-order valence-electron chi connectivity index (χ3n) is 10.1. The number of nitrogens with zero attached hydrogens (tertiary/aromatic N) is 6. The molecule has 8 N–H and O–H groups in total. The smallest absolute Gasteiger partial charge is 0.277 e. The van der Waals surface area contributed by atoms with Crippen molar-refractivity contribution >= 4 is 93.5 Å². The Morgan fingerprint density at radius 2 is 1.07 bits per heavy atom. The Kier molecular flexibility index (Phi) is 14.0. The second-order valence-corrected chi connectivity index (χ2v) is 22.6. The minimum absolute atomic E-state index is 0.0469. The van der Waals surface area contributed by atoms with E-state index in [1.807, 2.05) is 0 Å². The van der Waals surface area contributed by atoms with Crippen LogP contribution in [0.3, 0.4) is 0 Å². The number of aromatic nitrogens is 3. The molecule has 2 unspecified atom stereocenters. The molecule has 1 aromatic carbocycles. The Morgan fingerprint density at radius 3 is 1.59 bits per heavy atom. The second kappa shape index (κ2) is 19.4. The third-order valence-corrected chi connectivity index (χ3v) is 18.1. The van der Waals surface area contributed by atoms with E-state index in [4.69, 9.17) is 11.6 Å². The molecule has 0 spiro atoms. The highest BCUT2D eigenvalue weighted by atomic mass is 35.5. The zero-order valence-corrected chi connectivity index (χ0v) is 40.2. The number of sulfonamides is 3. The zero-order valence-electron chi connectivity index (χ0n) is 35.3. The molecule has 0 bridgehead atoms. The molecule has 3 aliphatic rings. The molecule has 9 rings (SSSR count). The van der Waals surface area contributed by atoms with Gasteiger partial charge < -0.3 is 41.5 Å². The minimum atomic E-state index is -3.91. The highest BCUT2D eigenvalue weighted by Crippen LogP contribution is 2.45. The van der Waals surface area contributed by atoms with Crippen LogP contribution in [-0.4, -0.2) is 106 Å². The number of aliphatic hydroxyl groups is 5. The monoisotopic (exact) mass is 1040 g/mol. The number of carbonyl (C=O) groups is 1. The molecule has 2 atom stereocenters. The van der Waals surface area contributed by atoms with Gasteiger partial charge in [-0.1, -0.05) is 41.9 Å². The SMILES string of the molecule is CN1/C(=C(\O)Nc2ccccn2)C(O)c2sc(Cl)cc2S1(=O)=O.CN1/C(=C(\O)Nc2ccccn2)C(O)c2sccc2S1(=O)=O.CN1C(C(=O)Nc2ccccn2)=C(O)c2ccccc2S1(=O)=O. The average molecular weight is 1040 g/mol. The Balaban J connectivity index is 0.000000151. The van der Waals surface area contributed by atoms with Gasteiger partial charge in [-0.25, -0.2) is 40.2 Å². The molecule has 0 fully saturated rings. The summed E-state index contributed by atoms with van der Waals surface area (Å²) >= 11 is 7.94. The maximum Gasteiger partial charge on any atom is 0.277 e. The summed E-state index contributed by atoms with van der Waals surface area (Å²) in [4.78, 5) is 24.7. The van der Waals surface area contributed by atoms with E-state index in [2.05, 4.69) is 30.9 Å². The highest BCUT2D eigenvalue weighted by molar-refractivity contribution is 7.90. The van der Waals surface area contributed by atoms with Crippen LogP contribution >= 0.6 is 34.3 Å². The molecule has 68 heavy (non-hydrogen) atoms. The number of halogens is 1. The van der Waals surface area contributed by atoms with Crippen LogP contribution in [0.5, 0.6) is 0 Å².